The molecule has 6 aromatic carbocycles. The Balaban J connectivity index is 1.22. The first-order valence-corrected chi connectivity index (χ1v) is 26.2. The van der Waals surface area contributed by atoms with Gasteiger partial charge in [0, 0.05) is 16.9 Å². The van der Waals surface area contributed by atoms with Crippen molar-refractivity contribution in [1.82, 2.24) is 0 Å². The van der Waals surface area contributed by atoms with E-state index < -0.39 is 5.41 Å². The van der Waals surface area contributed by atoms with Crippen LogP contribution in [0.4, 0.5) is 17.1 Å². The summed E-state index contributed by atoms with van der Waals surface area (Å²) in [5.74, 6) is 0. The molecule has 6 aliphatic carbocycles. The second kappa shape index (κ2) is 14.3. The van der Waals surface area contributed by atoms with E-state index in [2.05, 4.69) is 215 Å². The second-order valence-corrected chi connectivity index (χ2v) is 25.9. The standard InChI is InChI=1S/C67H73N/c1-61(2)31-34-64(7,8)57-37-42(25-28-53(57)61)48-40-49-47-21-15-18-24-52(47)67(50-22-16-13-19-45(50)46-20-14-17-23-51(46)67)56(49)41-60(48)68(43-26-29-54-58(38-43)65(9,10)35-32-62(54,3)4)44-27-30-55-59(39-44)66(11,12)36-33-63(55,5)6/h13,15-16,18-30,37-41H,14,17,31-36H2,1-12H3. The Labute approximate surface area is 408 Å². The van der Waals surface area contributed by atoms with Gasteiger partial charge in [-0.1, -0.05) is 174 Å². The van der Waals surface area contributed by atoms with Gasteiger partial charge in [0.15, 0.2) is 0 Å². The zero-order chi connectivity index (χ0) is 47.6. The molecule has 68 heavy (non-hydrogen) atoms. The van der Waals surface area contributed by atoms with Crippen LogP contribution >= 0.6 is 0 Å². The highest BCUT2D eigenvalue weighted by molar-refractivity contribution is 6.03. The van der Waals surface area contributed by atoms with Gasteiger partial charge in [-0.3, -0.25) is 0 Å². The predicted octanol–water partition coefficient (Wildman–Crippen LogP) is 18.3. The van der Waals surface area contributed by atoms with Crippen LogP contribution in [-0.2, 0) is 37.9 Å². The maximum atomic E-state index is 2.71. The van der Waals surface area contributed by atoms with E-state index in [9.17, 15) is 0 Å². The second-order valence-electron chi connectivity index (χ2n) is 25.9. The fourth-order valence-electron chi connectivity index (χ4n) is 14.4. The highest BCUT2D eigenvalue weighted by Crippen LogP contribution is 2.66. The highest BCUT2D eigenvalue weighted by atomic mass is 15.1. The summed E-state index contributed by atoms with van der Waals surface area (Å²) in [4.78, 5) is 2.71. The third-order valence-electron chi connectivity index (χ3n) is 18.9. The van der Waals surface area contributed by atoms with Gasteiger partial charge in [0.2, 0.25) is 0 Å². The summed E-state index contributed by atoms with van der Waals surface area (Å²) < 4.78 is 0. The number of anilines is 3. The zero-order valence-corrected chi connectivity index (χ0v) is 43.2. The Morgan fingerprint density at radius 2 is 0.779 bits per heavy atom. The Morgan fingerprint density at radius 1 is 0.338 bits per heavy atom. The lowest BCUT2D eigenvalue weighted by Gasteiger charge is -2.44. The van der Waals surface area contributed by atoms with E-state index in [1.807, 2.05) is 0 Å². The van der Waals surface area contributed by atoms with Crippen molar-refractivity contribution in [3.05, 3.63) is 189 Å². The summed E-state index contributed by atoms with van der Waals surface area (Å²) >= 11 is 0. The van der Waals surface area contributed by atoms with Gasteiger partial charge in [-0.05, 0) is 204 Å². The molecule has 0 heterocycles. The lowest BCUT2D eigenvalue weighted by atomic mass is 9.62. The predicted molar refractivity (Wildman–Crippen MR) is 289 cm³/mol. The van der Waals surface area contributed by atoms with Crippen LogP contribution in [0.2, 0.25) is 0 Å². The first kappa shape index (κ1) is 43.9. The minimum Gasteiger partial charge on any atom is -0.310 e. The Bertz CT molecular complexity index is 3110. The molecule has 0 aliphatic heterocycles. The molecule has 0 aromatic heterocycles. The number of rotatable bonds is 4. The molecule has 1 unspecified atom stereocenters. The van der Waals surface area contributed by atoms with Gasteiger partial charge in [0.25, 0.3) is 0 Å². The zero-order valence-electron chi connectivity index (χ0n) is 43.2. The van der Waals surface area contributed by atoms with E-state index in [0.29, 0.717) is 0 Å². The Hall–Kier alpha value is -5.40. The van der Waals surface area contributed by atoms with Crippen molar-refractivity contribution >= 4 is 22.6 Å². The minimum atomic E-state index is -0.417. The molecule has 0 N–H and O–H groups in total. The van der Waals surface area contributed by atoms with Crippen molar-refractivity contribution < 1.29 is 0 Å². The molecule has 0 radical (unpaired) electrons. The molecule has 0 fully saturated rings. The van der Waals surface area contributed by atoms with Crippen LogP contribution in [0.15, 0.2) is 133 Å². The van der Waals surface area contributed by atoms with E-state index in [4.69, 9.17) is 0 Å². The van der Waals surface area contributed by atoms with Crippen molar-refractivity contribution in [1.29, 1.82) is 0 Å². The van der Waals surface area contributed by atoms with E-state index in [1.165, 1.54) is 145 Å². The topological polar surface area (TPSA) is 3.24 Å². The SMILES string of the molecule is CC1(C)CCC(C)(C)c2cc(-c3cc4c(cc3N(c3ccc5c(c3)C(C)(C)CCC5(C)C)c3ccc5c(c3)C(C)(C)CCC5(C)C)C3(C5=CCCC=C5c5ccccc53)c3ccccc3-4)ccc21. The average molecular weight is 892 g/mol. The van der Waals surface area contributed by atoms with Gasteiger partial charge in [0.1, 0.15) is 0 Å². The molecule has 12 rings (SSSR count). The van der Waals surface area contributed by atoms with Crippen LogP contribution in [0, 0.1) is 0 Å². The summed E-state index contributed by atoms with van der Waals surface area (Å²) in [7, 11) is 0. The molecule has 1 nitrogen and oxygen atoms in total. The van der Waals surface area contributed by atoms with Crippen molar-refractivity contribution in [3.63, 3.8) is 0 Å². The van der Waals surface area contributed by atoms with E-state index in [1.54, 1.807) is 0 Å². The van der Waals surface area contributed by atoms with E-state index in [-0.39, 0.29) is 32.5 Å². The monoisotopic (exact) mass is 892 g/mol. The average Bonchev–Trinajstić information content (AvgIpc) is 3.78. The van der Waals surface area contributed by atoms with Crippen LogP contribution in [0.25, 0.3) is 27.8 Å². The molecular weight excluding hydrogens is 819 g/mol. The summed E-state index contributed by atoms with van der Waals surface area (Å²) in [5, 5.41) is 0. The summed E-state index contributed by atoms with van der Waals surface area (Å²) in [6.07, 6.45) is 14.4. The lowest BCUT2D eigenvalue weighted by molar-refractivity contribution is 0.332. The van der Waals surface area contributed by atoms with Crippen molar-refractivity contribution in [2.24, 2.45) is 0 Å². The fraction of sp³-hybridized carbons (Fsp3) is 0.403. The van der Waals surface area contributed by atoms with Crippen molar-refractivity contribution in [2.75, 3.05) is 4.90 Å². The van der Waals surface area contributed by atoms with E-state index >= 15 is 0 Å². The molecule has 6 aliphatic rings. The molecular formula is C67H73N. The van der Waals surface area contributed by atoms with E-state index in [0.717, 1.165) is 12.8 Å². The van der Waals surface area contributed by atoms with Crippen molar-refractivity contribution in [2.45, 2.75) is 172 Å². The van der Waals surface area contributed by atoms with Crippen LogP contribution in [-0.4, -0.2) is 0 Å². The molecule has 6 aromatic rings. The Morgan fingerprint density at radius 3 is 1.32 bits per heavy atom. The summed E-state index contributed by atoms with van der Waals surface area (Å²) in [6.45, 7) is 29.7. The molecule has 0 saturated heterocycles. The van der Waals surface area contributed by atoms with Crippen LogP contribution in [0.5, 0.6) is 0 Å². The Kier molecular flexibility index (Phi) is 9.25. The lowest BCUT2D eigenvalue weighted by Crippen LogP contribution is -2.34. The summed E-state index contributed by atoms with van der Waals surface area (Å²) in [5.41, 5.74) is 26.7. The molecule has 346 valence electrons. The number of allylic oxidation sites excluding steroid dienone is 4. The molecule has 0 saturated carbocycles. The van der Waals surface area contributed by atoms with Crippen LogP contribution in [0.3, 0.4) is 0 Å². The van der Waals surface area contributed by atoms with Crippen LogP contribution in [0.1, 0.15) is 190 Å². The largest absolute Gasteiger partial charge is 0.310 e. The van der Waals surface area contributed by atoms with Gasteiger partial charge < -0.3 is 4.90 Å². The van der Waals surface area contributed by atoms with Gasteiger partial charge in [-0.2, -0.15) is 0 Å². The normalized spacial score (nSPS) is 23.2. The number of hydrogen-bond donors (Lipinski definition) is 0. The third-order valence-corrected chi connectivity index (χ3v) is 18.9. The van der Waals surface area contributed by atoms with Gasteiger partial charge in [-0.15, -0.1) is 0 Å². The smallest absolute Gasteiger partial charge is 0.0723 e. The maximum absolute atomic E-state index is 2.71. The molecule has 1 atom stereocenters. The fourth-order valence-corrected chi connectivity index (χ4v) is 14.4. The molecule has 0 bridgehead atoms. The number of hydrogen-bond acceptors (Lipinski definition) is 1. The van der Waals surface area contributed by atoms with Gasteiger partial charge >= 0.3 is 0 Å². The summed E-state index contributed by atoms with van der Waals surface area (Å²) in [6, 6.07) is 46.9. The first-order valence-electron chi connectivity index (χ1n) is 26.2. The van der Waals surface area contributed by atoms with Gasteiger partial charge in [-0.25, -0.2) is 0 Å². The highest BCUT2D eigenvalue weighted by Gasteiger charge is 2.54. The van der Waals surface area contributed by atoms with Crippen LogP contribution < -0.4 is 4.90 Å². The molecule has 0 amide bonds. The van der Waals surface area contributed by atoms with Crippen molar-refractivity contribution in [3.8, 4) is 22.3 Å². The molecule has 1 heteroatoms. The minimum absolute atomic E-state index is 0.0570. The van der Waals surface area contributed by atoms with Gasteiger partial charge in [0.05, 0.1) is 11.1 Å². The number of nitrogens with zero attached hydrogens (tertiary/aromatic N) is 1. The number of fused-ring (bicyclic) bond motifs is 13. The first-order chi connectivity index (χ1) is 32.2. The quantitative estimate of drug-likeness (QED) is 0.170. The number of benzene rings is 6. The molecule has 1 spiro atoms. The third kappa shape index (κ3) is 6.12. The maximum Gasteiger partial charge on any atom is 0.0723 e.